The van der Waals surface area contributed by atoms with Crippen LogP contribution in [0.2, 0.25) is 0 Å². The summed E-state index contributed by atoms with van der Waals surface area (Å²) >= 11 is 0. The molecule has 0 aliphatic rings. The van der Waals surface area contributed by atoms with Crippen LogP contribution < -0.4 is 5.32 Å². The minimum absolute atomic E-state index is 0.00578. The highest BCUT2D eigenvalue weighted by molar-refractivity contribution is 5.83. The third kappa shape index (κ3) is 5.59. The van der Waals surface area contributed by atoms with Gasteiger partial charge < -0.3 is 15.2 Å². The van der Waals surface area contributed by atoms with Crippen LogP contribution >= 0.6 is 0 Å². The third-order valence-electron chi connectivity index (χ3n) is 2.61. The lowest BCUT2D eigenvalue weighted by molar-refractivity contribution is -0.125. The molecule has 98 valence electrons. The molecule has 1 aromatic rings. The number of aliphatic hydroxyl groups excluding tert-OH is 1. The number of rotatable bonds is 7. The van der Waals surface area contributed by atoms with Gasteiger partial charge in [-0.15, -0.1) is 0 Å². The number of amides is 1. The van der Waals surface area contributed by atoms with Crippen molar-refractivity contribution in [1.82, 2.24) is 5.32 Å². The van der Waals surface area contributed by atoms with E-state index in [2.05, 4.69) is 5.32 Å². The van der Waals surface area contributed by atoms with Crippen molar-refractivity contribution in [3.05, 3.63) is 35.9 Å². The number of ketones is 1. The fourth-order valence-corrected chi connectivity index (χ4v) is 1.65. The van der Waals surface area contributed by atoms with E-state index in [9.17, 15) is 14.7 Å². The first kappa shape index (κ1) is 14.4. The number of Topliss-reactive ketones (excluding diaryl/α,β-unsaturated/α-hetero) is 1. The first-order valence-corrected chi connectivity index (χ1v) is 6.05. The van der Waals surface area contributed by atoms with E-state index in [-0.39, 0.29) is 37.2 Å². The third-order valence-corrected chi connectivity index (χ3v) is 2.61. The van der Waals surface area contributed by atoms with Gasteiger partial charge in [0, 0.05) is 12.8 Å². The Labute approximate surface area is 107 Å². The summed E-state index contributed by atoms with van der Waals surface area (Å²) in [4.78, 5) is 22.3. The molecule has 4 heteroatoms. The molecule has 0 saturated carbocycles. The van der Waals surface area contributed by atoms with Gasteiger partial charge in [-0.05, 0) is 18.9 Å². The number of aliphatic hydroxyl groups is 1. The summed E-state index contributed by atoms with van der Waals surface area (Å²) in [7, 11) is 0. The van der Waals surface area contributed by atoms with E-state index in [4.69, 9.17) is 0 Å². The zero-order chi connectivity index (χ0) is 13.4. The molecule has 4 nitrogen and oxygen atoms in total. The molecule has 1 amide bonds. The lowest BCUT2D eigenvalue weighted by Gasteiger charge is -2.16. The van der Waals surface area contributed by atoms with Gasteiger partial charge in [0.1, 0.15) is 5.78 Å². The largest absolute Gasteiger partial charge is 0.394 e. The van der Waals surface area contributed by atoms with Crippen molar-refractivity contribution in [2.24, 2.45) is 0 Å². The second kappa shape index (κ2) is 7.61. The fraction of sp³-hybridized carbons (Fsp3) is 0.429. The second-order valence-corrected chi connectivity index (χ2v) is 4.34. The van der Waals surface area contributed by atoms with Gasteiger partial charge in [-0.3, -0.25) is 4.79 Å². The van der Waals surface area contributed by atoms with Crippen molar-refractivity contribution in [3.63, 3.8) is 0 Å². The van der Waals surface area contributed by atoms with E-state index in [0.29, 0.717) is 6.42 Å². The van der Waals surface area contributed by atoms with Crippen LogP contribution in [0.5, 0.6) is 0 Å². The van der Waals surface area contributed by atoms with Gasteiger partial charge in [-0.1, -0.05) is 30.3 Å². The lowest BCUT2D eigenvalue weighted by Crippen LogP contribution is -2.39. The summed E-state index contributed by atoms with van der Waals surface area (Å²) in [5.74, 6) is -0.200. The summed E-state index contributed by atoms with van der Waals surface area (Å²) in [6, 6.07) is 9.35. The Morgan fingerprint density at radius 3 is 2.44 bits per heavy atom. The molecule has 0 radical (unpaired) electrons. The van der Waals surface area contributed by atoms with Gasteiger partial charge in [0.05, 0.1) is 12.6 Å². The molecule has 0 aromatic heterocycles. The molecule has 0 saturated heterocycles. The Kier molecular flexibility index (Phi) is 6.08. The molecule has 0 aliphatic heterocycles. The second-order valence-electron chi connectivity index (χ2n) is 4.34. The maximum Gasteiger partial charge on any atom is 0.220 e. The van der Waals surface area contributed by atoms with Crippen molar-refractivity contribution in [2.45, 2.75) is 32.2 Å². The highest BCUT2D eigenvalue weighted by Gasteiger charge is 2.12. The average Bonchev–Trinajstić information content (AvgIpc) is 2.37. The van der Waals surface area contributed by atoms with Crippen LogP contribution in [0.3, 0.4) is 0 Å². The van der Waals surface area contributed by atoms with Crippen LogP contribution in [0.15, 0.2) is 30.3 Å². The minimum atomic E-state index is -0.299. The molecular weight excluding hydrogens is 230 g/mol. The summed E-state index contributed by atoms with van der Waals surface area (Å²) in [6.45, 7) is 1.35. The maximum atomic E-state index is 11.5. The van der Waals surface area contributed by atoms with E-state index in [1.165, 1.54) is 6.92 Å². The van der Waals surface area contributed by atoms with Crippen LogP contribution in [-0.2, 0) is 16.0 Å². The Hall–Kier alpha value is -1.68. The Morgan fingerprint density at radius 1 is 1.22 bits per heavy atom. The predicted molar refractivity (Wildman–Crippen MR) is 69.1 cm³/mol. The monoisotopic (exact) mass is 249 g/mol. The van der Waals surface area contributed by atoms with Gasteiger partial charge in [-0.25, -0.2) is 0 Å². The minimum Gasteiger partial charge on any atom is -0.394 e. The number of hydrogen-bond acceptors (Lipinski definition) is 3. The van der Waals surface area contributed by atoms with Crippen molar-refractivity contribution in [2.75, 3.05) is 6.61 Å². The highest BCUT2D eigenvalue weighted by atomic mass is 16.3. The van der Waals surface area contributed by atoms with Gasteiger partial charge in [0.2, 0.25) is 5.91 Å². The molecule has 0 spiro atoms. The van der Waals surface area contributed by atoms with E-state index < -0.39 is 0 Å². The molecule has 1 atom stereocenters. The Balaban J connectivity index is 2.42. The maximum absolute atomic E-state index is 11.5. The van der Waals surface area contributed by atoms with Crippen LogP contribution in [0.25, 0.3) is 0 Å². The molecule has 0 fully saturated rings. The standard InChI is InChI=1S/C14H19NO3/c1-11(17)7-8-14(18)15-13(10-16)9-12-5-3-2-4-6-12/h2-6,13,16H,7-10H2,1H3,(H,15,18)/t13-/m0/s1. The highest BCUT2D eigenvalue weighted by Crippen LogP contribution is 2.03. The molecule has 0 unspecified atom stereocenters. The van der Waals surface area contributed by atoms with E-state index in [0.717, 1.165) is 5.56 Å². The van der Waals surface area contributed by atoms with E-state index >= 15 is 0 Å². The number of benzene rings is 1. The smallest absolute Gasteiger partial charge is 0.220 e. The number of carbonyl (C=O) groups is 2. The summed E-state index contributed by atoms with van der Waals surface area (Å²) in [5.41, 5.74) is 1.06. The molecule has 0 bridgehead atoms. The van der Waals surface area contributed by atoms with Gasteiger partial charge in [0.15, 0.2) is 0 Å². The molecule has 0 aliphatic carbocycles. The molecule has 2 N–H and O–H groups in total. The van der Waals surface area contributed by atoms with Crippen molar-refractivity contribution in [1.29, 1.82) is 0 Å². The van der Waals surface area contributed by atoms with Crippen molar-refractivity contribution < 1.29 is 14.7 Å². The zero-order valence-corrected chi connectivity index (χ0v) is 10.6. The quantitative estimate of drug-likeness (QED) is 0.759. The summed E-state index contributed by atoms with van der Waals surface area (Å²) in [6.07, 6.45) is 1.01. The predicted octanol–water partition coefficient (Wildman–Crippen LogP) is 1.08. The van der Waals surface area contributed by atoms with Crippen LogP contribution in [-0.4, -0.2) is 29.4 Å². The van der Waals surface area contributed by atoms with Gasteiger partial charge in [-0.2, -0.15) is 0 Å². The number of hydrogen-bond donors (Lipinski definition) is 2. The summed E-state index contributed by atoms with van der Waals surface area (Å²) in [5, 5.41) is 12.0. The lowest BCUT2D eigenvalue weighted by atomic mass is 10.1. The fourth-order valence-electron chi connectivity index (χ4n) is 1.65. The molecule has 18 heavy (non-hydrogen) atoms. The van der Waals surface area contributed by atoms with Crippen LogP contribution in [0.4, 0.5) is 0 Å². The molecular formula is C14H19NO3. The van der Waals surface area contributed by atoms with Crippen molar-refractivity contribution >= 4 is 11.7 Å². The molecule has 1 rings (SSSR count). The topological polar surface area (TPSA) is 66.4 Å². The molecule has 1 aromatic carbocycles. The first-order chi connectivity index (χ1) is 8.61. The average molecular weight is 249 g/mol. The SMILES string of the molecule is CC(=O)CCC(=O)N[C@H](CO)Cc1ccccc1. The zero-order valence-electron chi connectivity index (χ0n) is 10.6. The normalized spacial score (nSPS) is 11.9. The Bertz CT molecular complexity index is 389. The van der Waals surface area contributed by atoms with Crippen LogP contribution in [0.1, 0.15) is 25.3 Å². The summed E-state index contributed by atoms with van der Waals surface area (Å²) < 4.78 is 0. The van der Waals surface area contributed by atoms with Crippen molar-refractivity contribution in [3.8, 4) is 0 Å². The van der Waals surface area contributed by atoms with Crippen LogP contribution in [0, 0.1) is 0 Å². The van der Waals surface area contributed by atoms with Gasteiger partial charge in [0.25, 0.3) is 0 Å². The number of nitrogens with one attached hydrogen (secondary N) is 1. The Morgan fingerprint density at radius 2 is 1.89 bits per heavy atom. The number of carbonyl (C=O) groups excluding carboxylic acids is 2. The van der Waals surface area contributed by atoms with E-state index in [1.807, 2.05) is 30.3 Å². The van der Waals surface area contributed by atoms with Gasteiger partial charge >= 0.3 is 0 Å². The first-order valence-electron chi connectivity index (χ1n) is 6.05. The molecule has 0 heterocycles. The van der Waals surface area contributed by atoms with E-state index in [1.54, 1.807) is 0 Å².